The third-order valence-corrected chi connectivity index (χ3v) is 2.75. The average Bonchev–Trinajstić information content (AvgIpc) is 2.38. The topological polar surface area (TPSA) is 67.3 Å². The highest BCUT2D eigenvalue weighted by Gasteiger charge is 2.16. The van der Waals surface area contributed by atoms with E-state index in [4.69, 9.17) is 5.11 Å². The number of benzene rings is 1. The van der Waals surface area contributed by atoms with Crippen molar-refractivity contribution in [1.29, 1.82) is 0 Å². The van der Waals surface area contributed by atoms with Crippen molar-refractivity contribution in [2.75, 3.05) is 0 Å². The van der Waals surface area contributed by atoms with Crippen molar-refractivity contribution in [2.45, 2.75) is 13.3 Å². The summed E-state index contributed by atoms with van der Waals surface area (Å²) in [7, 11) is 0. The number of carbonyl (C=O) groups is 2. The molecule has 1 N–H and O–H groups in total. The van der Waals surface area contributed by atoms with Crippen molar-refractivity contribution < 1.29 is 14.7 Å². The number of ketones is 1. The molecule has 4 nitrogen and oxygen atoms in total. The van der Waals surface area contributed by atoms with Gasteiger partial charge in [-0.1, -0.05) is 24.3 Å². The number of rotatable bonds is 4. The van der Waals surface area contributed by atoms with E-state index in [-0.39, 0.29) is 23.3 Å². The first-order valence-electron chi connectivity index (χ1n) is 5.84. The van der Waals surface area contributed by atoms with Crippen molar-refractivity contribution in [1.82, 2.24) is 4.98 Å². The van der Waals surface area contributed by atoms with Crippen LogP contribution >= 0.6 is 0 Å². The lowest BCUT2D eigenvalue weighted by Gasteiger charge is -2.05. The largest absolute Gasteiger partial charge is 0.478 e. The number of aryl methyl sites for hydroxylation is 1. The van der Waals surface area contributed by atoms with Crippen LogP contribution in [0.5, 0.6) is 0 Å². The molecule has 19 heavy (non-hydrogen) atoms. The van der Waals surface area contributed by atoms with Gasteiger partial charge in [-0.3, -0.25) is 9.78 Å². The van der Waals surface area contributed by atoms with Crippen LogP contribution in [-0.2, 0) is 6.42 Å². The van der Waals surface area contributed by atoms with Gasteiger partial charge in [-0.15, -0.1) is 0 Å². The molecule has 0 spiro atoms. The monoisotopic (exact) mass is 255 g/mol. The molecule has 0 atom stereocenters. The van der Waals surface area contributed by atoms with Gasteiger partial charge in [0.2, 0.25) is 0 Å². The number of aromatic carboxylic acids is 1. The van der Waals surface area contributed by atoms with E-state index in [1.165, 1.54) is 12.1 Å². The van der Waals surface area contributed by atoms with Crippen molar-refractivity contribution in [3.05, 3.63) is 65.0 Å². The molecule has 0 bridgehead atoms. The molecule has 0 aliphatic carbocycles. The Morgan fingerprint density at radius 3 is 2.47 bits per heavy atom. The van der Waals surface area contributed by atoms with Gasteiger partial charge >= 0.3 is 5.97 Å². The fourth-order valence-electron chi connectivity index (χ4n) is 1.91. The van der Waals surface area contributed by atoms with Gasteiger partial charge in [0.25, 0.3) is 0 Å². The Morgan fingerprint density at radius 1 is 1.16 bits per heavy atom. The second-order valence-corrected chi connectivity index (χ2v) is 4.32. The second kappa shape index (κ2) is 5.44. The van der Waals surface area contributed by atoms with Gasteiger partial charge in [0.15, 0.2) is 5.78 Å². The zero-order chi connectivity index (χ0) is 13.8. The molecule has 0 fully saturated rings. The summed E-state index contributed by atoms with van der Waals surface area (Å²) in [6, 6.07) is 8.11. The molecule has 0 aliphatic rings. The van der Waals surface area contributed by atoms with Crippen molar-refractivity contribution in [3.8, 4) is 0 Å². The van der Waals surface area contributed by atoms with E-state index in [1.54, 1.807) is 24.5 Å². The molecule has 96 valence electrons. The number of carboxylic acid groups (broad SMARTS) is 1. The van der Waals surface area contributed by atoms with Crippen LogP contribution in [0, 0.1) is 6.92 Å². The Labute approximate surface area is 110 Å². The molecule has 0 unspecified atom stereocenters. The quantitative estimate of drug-likeness (QED) is 0.852. The Morgan fingerprint density at radius 2 is 1.84 bits per heavy atom. The van der Waals surface area contributed by atoms with Crippen LogP contribution in [0.2, 0.25) is 0 Å². The minimum absolute atomic E-state index is 0.0353. The molecule has 0 saturated heterocycles. The fourth-order valence-corrected chi connectivity index (χ4v) is 1.91. The first-order chi connectivity index (χ1) is 9.08. The molecule has 0 saturated carbocycles. The zero-order valence-electron chi connectivity index (χ0n) is 10.5. The lowest BCUT2D eigenvalue weighted by molar-refractivity contribution is 0.0692. The molecule has 0 aliphatic heterocycles. The van der Waals surface area contributed by atoms with E-state index >= 15 is 0 Å². The maximum atomic E-state index is 12.2. The van der Waals surface area contributed by atoms with E-state index < -0.39 is 5.97 Å². The standard InChI is InChI=1S/C15H13NO3/c1-10-6-11(9-16-8-10)7-14(17)12-4-2-3-5-13(12)15(18)19/h2-6,8-9H,7H2,1H3,(H,18,19). The van der Waals surface area contributed by atoms with Gasteiger partial charge in [-0.2, -0.15) is 0 Å². The lowest BCUT2D eigenvalue weighted by Crippen LogP contribution is -2.10. The number of hydrogen-bond acceptors (Lipinski definition) is 3. The third-order valence-electron chi connectivity index (χ3n) is 2.75. The minimum atomic E-state index is -1.09. The normalized spacial score (nSPS) is 10.2. The highest BCUT2D eigenvalue weighted by atomic mass is 16.4. The lowest BCUT2D eigenvalue weighted by atomic mass is 9.99. The highest BCUT2D eigenvalue weighted by Crippen LogP contribution is 2.13. The molecule has 1 heterocycles. The Kier molecular flexibility index (Phi) is 3.71. The third kappa shape index (κ3) is 3.04. The minimum Gasteiger partial charge on any atom is -0.478 e. The maximum absolute atomic E-state index is 12.2. The number of Topliss-reactive ketones (excluding diaryl/α,β-unsaturated/α-hetero) is 1. The SMILES string of the molecule is Cc1cncc(CC(=O)c2ccccc2C(=O)O)c1. The molecule has 4 heteroatoms. The summed E-state index contributed by atoms with van der Waals surface area (Å²) in [5.74, 6) is -1.31. The van der Waals surface area contributed by atoms with Gasteiger partial charge in [-0.05, 0) is 24.1 Å². The van der Waals surface area contributed by atoms with Crippen molar-refractivity contribution >= 4 is 11.8 Å². The highest BCUT2D eigenvalue weighted by molar-refractivity contribution is 6.06. The van der Waals surface area contributed by atoms with E-state index in [0.29, 0.717) is 0 Å². The molecule has 0 radical (unpaired) electrons. The van der Waals surface area contributed by atoms with Gasteiger partial charge in [0, 0.05) is 24.4 Å². The van der Waals surface area contributed by atoms with Crippen LogP contribution < -0.4 is 0 Å². The molecular weight excluding hydrogens is 242 g/mol. The number of nitrogens with zero attached hydrogens (tertiary/aromatic N) is 1. The molecule has 2 rings (SSSR count). The number of carboxylic acids is 1. The van der Waals surface area contributed by atoms with Crippen LogP contribution in [0.3, 0.4) is 0 Å². The first-order valence-corrected chi connectivity index (χ1v) is 5.84. The smallest absolute Gasteiger partial charge is 0.336 e. The Hall–Kier alpha value is -2.49. The average molecular weight is 255 g/mol. The Balaban J connectivity index is 2.28. The summed E-state index contributed by atoms with van der Waals surface area (Å²) in [6.07, 6.45) is 3.48. The molecule has 0 amide bonds. The predicted octanol–water partition coefficient (Wildman–Crippen LogP) is 2.51. The number of aromatic nitrogens is 1. The maximum Gasteiger partial charge on any atom is 0.336 e. The van der Waals surface area contributed by atoms with Crippen LogP contribution in [0.15, 0.2) is 42.7 Å². The summed E-state index contributed by atoms with van der Waals surface area (Å²) in [5, 5.41) is 9.06. The van der Waals surface area contributed by atoms with E-state index in [1.807, 2.05) is 13.0 Å². The van der Waals surface area contributed by atoms with Gasteiger partial charge in [0.1, 0.15) is 0 Å². The molecule has 1 aromatic carbocycles. The van der Waals surface area contributed by atoms with E-state index in [2.05, 4.69) is 4.98 Å². The van der Waals surface area contributed by atoms with Crippen molar-refractivity contribution in [2.24, 2.45) is 0 Å². The zero-order valence-corrected chi connectivity index (χ0v) is 10.5. The fraction of sp³-hybridized carbons (Fsp3) is 0.133. The summed E-state index contributed by atoms with van der Waals surface area (Å²) < 4.78 is 0. The van der Waals surface area contributed by atoms with Gasteiger partial charge in [0.05, 0.1) is 5.56 Å². The van der Waals surface area contributed by atoms with Crippen molar-refractivity contribution in [3.63, 3.8) is 0 Å². The second-order valence-electron chi connectivity index (χ2n) is 4.32. The summed E-state index contributed by atoms with van der Waals surface area (Å²) in [5.41, 5.74) is 2.02. The predicted molar refractivity (Wildman–Crippen MR) is 70.4 cm³/mol. The number of pyridine rings is 1. The van der Waals surface area contributed by atoms with Gasteiger partial charge < -0.3 is 5.11 Å². The number of hydrogen-bond donors (Lipinski definition) is 1. The van der Waals surface area contributed by atoms with Crippen LogP contribution in [0.25, 0.3) is 0 Å². The molecular formula is C15H13NO3. The van der Waals surface area contributed by atoms with Crippen LogP contribution in [0.4, 0.5) is 0 Å². The van der Waals surface area contributed by atoms with Crippen LogP contribution in [-0.4, -0.2) is 21.8 Å². The number of carbonyl (C=O) groups excluding carboxylic acids is 1. The Bertz CT molecular complexity index is 635. The molecule has 2 aromatic rings. The summed E-state index contributed by atoms with van der Waals surface area (Å²) in [4.78, 5) is 27.2. The van der Waals surface area contributed by atoms with E-state index in [9.17, 15) is 9.59 Å². The van der Waals surface area contributed by atoms with E-state index in [0.717, 1.165) is 11.1 Å². The van der Waals surface area contributed by atoms with Gasteiger partial charge in [-0.25, -0.2) is 4.79 Å². The summed E-state index contributed by atoms with van der Waals surface area (Å²) >= 11 is 0. The van der Waals surface area contributed by atoms with Crippen LogP contribution in [0.1, 0.15) is 31.8 Å². The first kappa shape index (κ1) is 13.0. The summed E-state index contributed by atoms with van der Waals surface area (Å²) in [6.45, 7) is 1.90. The molecule has 1 aromatic heterocycles.